The van der Waals surface area contributed by atoms with Gasteiger partial charge in [-0.1, -0.05) is 6.07 Å². The topological polar surface area (TPSA) is 117 Å². The van der Waals surface area contributed by atoms with E-state index in [2.05, 4.69) is 15.6 Å². The summed E-state index contributed by atoms with van der Waals surface area (Å²) in [4.78, 5) is 24.9. The van der Waals surface area contributed by atoms with Crippen molar-refractivity contribution < 1.29 is 14.7 Å². The summed E-state index contributed by atoms with van der Waals surface area (Å²) in [5.41, 5.74) is 5.53. The van der Waals surface area contributed by atoms with E-state index >= 15 is 0 Å². The third-order valence-corrected chi connectivity index (χ3v) is 1.93. The molecule has 0 aliphatic carbocycles. The number of amides is 2. The van der Waals surface area contributed by atoms with Gasteiger partial charge in [-0.2, -0.15) is 0 Å². The highest BCUT2D eigenvalue weighted by Crippen LogP contribution is 1.98. The molecule has 17 heavy (non-hydrogen) atoms. The number of nitrogens with two attached hydrogens (primary N) is 1. The molecule has 0 fully saturated rings. The molecule has 0 spiro atoms. The summed E-state index contributed by atoms with van der Waals surface area (Å²) in [6.07, 6.45) is 0. The lowest BCUT2D eigenvalue weighted by Gasteiger charge is -2.05. The van der Waals surface area contributed by atoms with Crippen molar-refractivity contribution in [3.05, 3.63) is 29.6 Å². The zero-order valence-corrected chi connectivity index (χ0v) is 9.14. The molecule has 0 aliphatic heterocycles. The number of hydrogen-bond donors (Lipinski definition) is 4. The number of carboxylic acids is 1. The highest BCUT2D eigenvalue weighted by molar-refractivity contribution is 5.85. The first-order valence-electron chi connectivity index (χ1n) is 5.03. The molecule has 7 nitrogen and oxygen atoms in total. The number of carbonyl (C=O) groups is 2. The Morgan fingerprint density at radius 2 is 2.12 bits per heavy atom. The number of carboxylic acid groups (broad SMARTS) is 1. The highest BCUT2D eigenvalue weighted by Gasteiger charge is 2.04. The van der Waals surface area contributed by atoms with Gasteiger partial charge in [-0.05, 0) is 12.1 Å². The van der Waals surface area contributed by atoms with Crippen molar-refractivity contribution in [2.45, 2.75) is 6.54 Å². The smallest absolute Gasteiger partial charge is 0.354 e. The van der Waals surface area contributed by atoms with E-state index in [9.17, 15) is 9.59 Å². The predicted molar refractivity (Wildman–Crippen MR) is 60.5 cm³/mol. The second-order valence-electron chi connectivity index (χ2n) is 3.29. The van der Waals surface area contributed by atoms with E-state index in [1.165, 1.54) is 6.07 Å². The van der Waals surface area contributed by atoms with Crippen LogP contribution < -0.4 is 16.4 Å². The Kier molecular flexibility index (Phi) is 4.89. The Balaban J connectivity index is 2.34. The average molecular weight is 238 g/mol. The summed E-state index contributed by atoms with van der Waals surface area (Å²) in [7, 11) is 0. The Morgan fingerprint density at radius 1 is 1.35 bits per heavy atom. The highest BCUT2D eigenvalue weighted by atomic mass is 16.4. The van der Waals surface area contributed by atoms with Crippen LogP contribution in [0.5, 0.6) is 0 Å². The minimum absolute atomic E-state index is 0.0135. The molecule has 1 rings (SSSR count). The molecule has 7 heteroatoms. The molecule has 0 saturated heterocycles. The summed E-state index contributed by atoms with van der Waals surface area (Å²) < 4.78 is 0. The fourth-order valence-corrected chi connectivity index (χ4v) is 1.19. The van der Waals surface area contributed by atoms with Crippen LogP contribution in [0, 0.1) is 0 Å². The summed E-state index contributed by atoms with van der Waals surface area (Å²) >= 11 is 0. The van der Waals surface area contributed by atoms with Crippen molar-refractivity contribution in [1.29, 1.82) is 0 Å². The zero-order valence-electron chi connectivity index (χ0n) is 9.14. The minimum atomic E-state index is -1.05. The van der Waals surface area contributed by atoms with Gasteiger partial charge in [0.15, 0.2) is 0 Å². The van der Waals surface area contributed by atoms with Crippen LogP contribution in [-0.4, -0.2) is 35.2 Å². The maximum atomic E-state index is 10.7. The molecular formula is C10H14N4O3. The number of aromatic carboxylic acids is 1. The van der Waals surface area contributed by atoms with Gasteiger partial charge in [-0.25, -0.2) is 14.6 Å². The van der Waals surface area contributed by atoms with Crippen LogP contribution in [0.3, 0.4) is 0 Å². The van der Waals surface area contributed by atoms with Gasteiger partial charge in [0, 0.05) is 19.6 Å². The fourth-order valence-electron chi connectivity index (χ4n) is 1.19. The van der Waals surface area contributed by atoms with Gasteiger partial charge in [-0.3, -0.25) is 0 Å². The monoisotopic (exact) mass is 238 g/mol. The van der Waals surface area contributed by atoms with Gasteiger partial charge in [0.25, 0.3) is 0 Å². The number of urea groups is 1. The number of nitrogens with one attached hydrogen (secondary N) is 2. The molecule has 1 aromatic rings. The molecule has 92 valence electrons. The molecule has 1 aromatic heterocycles. The minimum Gasteiger partial charge on any atom is -0.477 e. The summed E-state index contributed by atoms with van der Waals surface area (Å²) in [6.45, 7) is 1.37. The van der Waals surface area contributed by atoms with E-state index in [-0.39, 0.29) is 5.69 Å². The van der Waals surface area contributed by atoms with Crippen molar-refractivity contribution in [1.82, 2.24) is 15.6 Å². The van der Waals surface area contributed by atoms with Crippen LogP contribution in [0.15, 0.2) is 18.2 Å². The molecule has 0 saturated carbocycles. The lowest BCUT2D eigenvalue weighted by Crippen LogP contribution is -2.35. The van der Waals surface area contributed by atoms with Gasteiger partial charge in [0.2, 0.25) is 0 Å². The molecule has 5 N–H and O–H groups in total. The first-order valence-corrected chi connectivity index (χ1v) is 5.03. The second kappa shape index (κ2) is 6.44. The normalized spacial score (nSPS) is 9.88. The number of primary amides is 1. The molecule has 2 amide bonds. The van der Waals surface area contributed by atoms with Crippen molar-refractivity contribution >= 4 is 12.0 Å². The molecule has 0 aromatic carbocycles. The SMILES string of the molecule is NC(=O)NCCNCc1cccc(C(=O)O)n1. The van der Waals surface area contributed by atoms with Crippen LogP contribution in [0.2, 0.25) is 0 Å². The number of carbonyl (C=O) groups excluding carboxylic acids is 1. The molecule has 0 atom stereocenters. The number of aromatic nitrogens is 1. The standard InChI is InChI=1S/C10H14N4O3/c11-10(17)13-5-4-12-6-7-2-1-3-8(14-7)9(15)16/h1-3,12H,4-6H2,(H,15,16)(H3,11,13,17). The molecule has 0 aliphatic rings. The van der Waals surface area contributed by atoms with Crippen LogP contribution in [0.1, 0.15) is 16.2 Å². The van der Waals surface area contributed by atoms with Crippen LogP contribution in [0.4, 0.5) is 4.79 Å². The van der Waals surface area contributed by atoms with Crippen molar-refractivity contribution in [3.8, 4) is 0 Å². The Labute approximate surface area is 98.0 Å². The van der Waals surface area contributed by atoms with Crippen LogP contribution in [-0.2, 0) is 6.54 Å². The van der Waals surface area contributed by atoms with Crippen molar-refractivity contribution in [3.63, 3.8) is 0 Å². The van der Waals surface area contributed by atoms with Crippen molar-refractivity contribution in [2.75, 3.05) is 13.1 Å². The third kappa shape index (κ3) is 4.94. The van der Waals surface area contributed by atoms with Gasteiger partial charge in [-0.15, -0.1) is 0 Å². The Bertz CT molecular complexity index is 408. The largest absolute Gasteiger partial charge is 0.477 e. The lowest BCUT2D eigenvalue weighted by molar-refractivity contribution is 0.0690. The summed E-state index contributed by atoms with van der Waals surface area (Å²) in [5, 5.41) is 14.2. The Hall–Kier alpha value is -2.15. The number of hydrogen-bond acceptors (Lipinski definition) is 4. The number of pyridine rings is 1. The van der Waals surface area contributed by atoms with Crippen LogP contribution in [0.25, 0.3) is 0 Å². The van der Waals surface area contributed by atoms with Gasteiger partial charge >= 0.3 is 12.0 Å². The van der Waals surface area contributed by atoms with Crippen LogP contribution >= 0.6 is 0 Å². The lowest BCUT2D eigenvalue weighted by atomic mass is 10.3. The first kappa shape index (κ1) is 12.9. The molecule has 0 unspecified atom stereocenters. The third-order valence-electron chi connectivity index (χ3n) is 1.93. The summed E-state index contributed by atoms with van der Waals surface area (Å²) in [6, 6.07) is 4.22. The predicted octanol–water partition coefficient (Wildman–Crippen LogP) is -0.462. The zero-order chi connectivity index (χ0) is 12.7. The van der Waals surface area contributed by atoms with E-state index in [1.807, 2.05) is 0 Å². The van der Waals surface area contributed by atoms with E-state index in [4.69, 9.17) is 10.8 Å². The van der Waals surface area contributed by atoms with Gasteiger partial charge in [0.1, 0.15) is 5.69 Å². The quantitative estimate of drug-likeness (QED) is 0.500. The maximum absolute atomic E-state index is 10.7. The number of nitrogens with zero attached hydrogens (tertiary/aromatic N) is 1. The van der Waals surface area contributed by atoms with E-state index < -0.39 is 12.0 Å². The maximum Gasteiger partial charge on any atom is 0.354 e. The fraction of sp³-hybridized carbons (Fsp3) is 0.300. The average Bonchev–Trinajstić information content (AvgIpc) is 2.28. The first-order chi connectivity index (χ1) is 8.09. The number of rotatable bonds is 6. The molecule has 0 bridgehead atoms. The Morgan fingerprint density at radius 3 is 2.76 bits per heavy atom. The van der Waals surface area contributed by atoms with Gasteiger partial charge in [0.05, 0.1) is 5.69 Å². The second-order valence-corrected chi connectivity index (χ2v) is 3.29. The van der Waals surface area contributed by atoms with Crippen molar-refractivity contribution in [2.24, 2.45) is 5.73 Å². The van der Waals surface area contributed by atoms with E-state index in [0.717, 1.165) is 0 Å². The van der Waals surface area contributed by atoms with E-state index in [1.54, 1.807) is 12.1 Å². The molecule has 0 radical (unpaired) electrons. The summed E-state index contributed by atoms with van der Waals surface area (Å²) in [5.74, 6) is -1.05. The molecular weight excluding hydrogens is 224 g/mol. The van der Waals surface area contributed by atoms with Gasteiger partial charge < -0.3 is 21.5 Å². The van der Waals surface area contributed by atoms with E-state index in [0.29, 0.717) is 25.3 Å². The molecule has 1 heterocycles.